The number of hydrogen-bond acceptors (Lipinski definition) is 0. The maximum absolute atomic E-state index is 2.46. The molecule has 0 heteroatoms. The molecule has 2 aromatic rings. The van der Waals surface area contributed by atoms with E-state index in [0.29, 0.717) is 0 Å². The summed E-state index contributed by atoms with van der Waals surface area (Å²) in [6.07, 6.45) is 13.6. The van der Waals surface area contributed by atoms with Gasteiger partial charge in [-0.25, -0.2) is 0 Å². The van der Waals surface area contributed by atoms with Gasteiger partial charge >= 0.3 is 0 Å². The standard InChI is InChI=1S/C25H34/c1-3-5-6-7-8-9-10-21-17-23-15-16-24(19-25(23)18-21)22-13-11-20(4-2)12-14-22/h11-16,19,21H,3-10,17-18H2,1-2H3. The van der Waals surface area contributed by atoms with E-state index in [1.807, 2.05) is 0 Å². The normalized spacial score (nSPS) is 16.2. The van der Waals surface area contributed by atoms with E-state index in [9.17, 15) is 0 Å². The molecule has 3 rings (SSSR count). The predicted molar refractivity (Wildman–Crippen MR) is 110 cm³/mol. The average molecular weight is 335 g/mol. The van der Waals surface area contributed by atoms with Gasteiger partial charge in [-0.15, -0.1) is 0 Å². The maximum Gasteiger partial charge on any atom is -0.0181 e. The van der Waals surface area contributed by atoms with E-state index in [1.165, 1.54) is 74.5 Å². The van der Waals surface area contributed by atoms with Crippen LogP contribution in [0.4, 0.5) is 0 Å². The first-order valence-corrected chi connectivity index (χ1v) is 10.5. The van der Waals surface area contributed by atoms with Crippen molar-refractivity contribution in [2.45, 2.75) is 78.1 Å². The van der Waals surface area contributed by atoms with Crippen LogP contribution in [0.3, 0.4) is 0 Å². The van der Waals surface area contributed by atoms with Crippen molar-refractivity contribution in [2.75, 3.05) is 0 Å². The summed E-state index contributed by atoms with van der Waals surface area (Å²) in [7, 11) is 0. The number of hydrogen-bond donors (Lipinski definition) is 0. The lowest BCUT2D eigenvalue weighted by Crippen LogP contribution is -1.99. The topological polar surface area (TPSA) is 0 Å². The van der Waals surface area contributed by atoms with Crippen LogP contribution in [-0.2, 0) is 19.3 Å². The lowest BCUT2D eigenvalue weighted by molar-refractivity contribution is 0.469. The Bertz CT molecular complexity index is 650. The fraction of sp³-hybridized carbons (Fsp3) is 0.520. The molecular weight excluding hydrogens is 300 g/mol. The lowest BCUT2D eigenvalue weighted by Gasteiger charge is -2.08. The van der Waals surface area contributed by atoms with Crippen LogP contribution in [-0.4, -0.2) is 0 Å². The van der Waals surface area contributed by atoms with E-state index in [-0.39, 0.29) is 0 Å². The molecule has 0 N–H and O–H groups in total. The van der Waals surface area contributed by atoms with Gasteiger partial charge in [0.05, 0.1) is 0 Å². The van der Waals surface area contributed by atoms with E-state index >= 15 is 0 Å². The monoisotopic (exact) mass is 334 g/mol. The zero-order chi connectivity index (χ0) is 17.5. The van der Waals surface area contributed by atoms with Crippen LogP contribution in [0.5, 0.6) is 0 Å². The summed E-state index contributed by atoms with van der Waals surface area (Å²) in [6.45, 7) is 4.51. The van der Waals surface area contributed by atoms with Crippen LogP contribution in [0.1, 0.15) is 75.5 Å². The van der Waals surface area contributed by atoms with Crippen molar-refractivity contribution in [1.29, 1.82) is 0 Å². The SMILES string of the molecule is CCCCCCCCC1Cc2ccc(-c3ccc(CC)cc3)cc2C1. The first kappa shape index (κ1) is 18.2. The fourth-order valence-electron chi connectivity index (χ4n) is 4.24. The largest absolute Gasteiger partial charge is 0.0654 e. The molecule has 1 atom stereocenters. The lowest BCUT2D eigenvalue weighted by atomic mass is 9.97. The van der Waals surface area contributed by atoms with Crippen molar-refractivity contribution >= 4 is 0 Å². The van der Waals surface area contributed by atoms with Crippen molar-refractivity contribution in [3.63, 3.8) is 0 Å². The van der Waals surface area contributed by atoms with Gasteiger partial charge in [-0.1, -0.05) is 94.8 Å². The Kier molecular flexibility index (Phi) is 6.73. The van der Waals surface area contributed by atoms with Gasteiger partial charge in [0.15, 0.2) is 0 Å². The van der Waals surface area contributed by atoms with Gasteiger partial charge in [0, 0.05) is 0 Å². The average Bonchev–Trinajstić information content (AvgIpc) is 3.06. The molecule has 0 saturated heterocycles. The van der Waals surface area contributed by atoms with Crippen LogP contribution >= 0.6 is 0 Å². The fourth-order valence-corrected chi connectivity index (χ4v) is 4.24. The number of fused-ring (bicyclic) bond motifs is 1. The second-order valence-corrected chi connectivity index (χ2v) is 7.86. The van der Waals surface area contributed by atoms with E-state index in [2.05, 4.69) is 56.3 Å². The first-order valence-electron chi connectivity index (χ1n) is 10.5. The van der Waals surface area contributed by atoms with Gasteiger partial charge in [0.1, 0.15) is 0 Å². The van der Waals surface area contributed by atoms with Crippen LogP contribution in [0.25, 0.3) is 11.1 Å². The smallest absolute Gasteiger partial charge is 0.0181 e. The Morgan fingerprint density at radius 1 is 0.720 bits per heavy atom. The molecule has 1 aliphatic rings. The highest BCUT2D eigenvalue weighted by Gasteiger charge is 2.21. The van der Waals surface area contributed by atoms with Crippen molar-refractivity contribution < 1.29 is 0 Å². The minimum atomic E-state index is 0.888. The molecule has 2 aromatic carbocycles. The molecule has 1 aliphatic carbocycles. The van der Waals surface area contributed by atoms with E-state index in [0.717, 1.165) is 12.3 Å². The zero-order valence-electron chi connectivity index (χ0n) is 16.2. The molecule has 0 aromatic heterocycles. The zero-order valence-corrected chi connectivity index (χ0v) is 16.2. The Labute approximate surface area is 154 Å². The molecule has 0 bridgehead atoms. The molecule has 134 valence electrons. The van der Waals surface area contributed by atoms with Gasteiger partial charge in [-0.3, -0.25) is 0 Å². The molecule has 0 spiro atoms. The highest BCUT2D eigenvalue weighted by atomic mass is 14.3. The van der Waals surface area contributed by atoms with Crippen molar-refractivity contribution in [1.82, 2.24) is 0 Å². The predicted octanol–water partition coefficient (Wildman–Crippen LogP) is 7.38. The van der Waals surface area contributed by atoms with Crippen LogP contribution in [0, 0.1) is 5.92 Å². The Morgan fingerprint density at radius 2 is 1.40 bits per heavy atom. The van der Waals surface area contributed by atoms with Gasteiger partial charge in [-0.2, -0.15) is 0 Å². The quantitative estimate of drug-likeness (QED) is 0.420. The third kappa shape index (κ3) is 4.97. The number of rotatable bonds is 9. The molecular formula is C25H34. The second-order valence-electron chi connectivity index (χ2n) is 7.86. The summed E-state index contributed by atoms with van der Waals surface area (Å²) in [4.78, 5) is 0. The van der Waals surface area contributed by atoms with Gasteiger partial charge < -0.3 is 0 Å². The van der Waals surface area contributed by atoms with E-state index < -0.39 is 0 Å². The van der Waals surface area contributed by atoms with E-state index in [4.69, 9.17) is 0 Å². The minimum Gasteiger partial charge on any atom is -0.0654 e. The Hall–Kier alpha value is -1.56. The third-order valence-corrected chi connectivity index (χ3v) is 5.88. The van der Waals surface area contributed by atoms with Gasteiger partial charge in [-0.05, 0) is 59.4 Å². The molecule has 0 nitrogen and oxygen atoms in total. The Morgan fingerprint density at radius 3 is 2.16 bits per heavy atom. The molecule has 25 heavy (non-hydrogen) atoms. The van der Waals surface area contributed by atoms with Crippen LogP contribution in [0.15, 0.2) is 42.5 Å². The summed E-state index contributed by atoms with van der Waals surface area (Å²) in [5.74, 6) is 0.888. The Balaban J connectivity index is 1.53. The van der Waals surface area contributed by atoms with Crippen molar-refractivity contribution in [3.05, 3.63) is 59.2 Å². The summed E-state index contributed by atoms with van der Waals surface area (Å²) in [5, 5.41) is 0. The minimum absolute atomic E-state index is 0.888. The summed E-state index contributed by atoms with van der Waals surface area (Å²) in [5.41, 5.74) is 7.38. The molecule has 0 heterocycles. The summed E-state index contributed by atoms with van der Waals surface area (Å²) in [6, 6.07) is 16.3. The van der Waals surface area contributed by atoms with Crippen molar-refractivity contribution in [3.8, 4) is 11.1 Å². The number of unbranched alkanes of at least 4 members (excludes halogenated alkanes) is 5. The first-order chi connectivity index (χ1) is 12.3. The summed E-state index contributed by atoms with van der Waals surface area (Å²) < 4.78 is 0. The molecule has 0 saturated carbocycles. The van der Waals surface area contributed by atoms with Crippen LogP contribution in [0.2, 0.25) is 0 Å². The maximum atomic E-state index is 2.46. The second kappa shape index (κ2) is 9.22. The third-order valence-electron chi connectivity index (χ3n) is 5.88. The molecule has 0 aliphatic heterocycles. The number of aryl methyl sites for hydroxylation is 1. The molecule has 0 radical (unpaired) electrons. The van der Waals surface area contributed by atoms with Gasteiger partial charge in [0.25, 0.3) is 0 Å². The van der Waals surface area contributed by atoms with Crippen LogP contribution < -0.4 is 0 Å². The molecule has 0 amide bonds. The summed E-state index contributed by atoms with van der Waals surface area (Å²) >= 11 is 0. The van der Waals surface area contributed by atoms with Crippen molar-refractivity contribution in [2.24, 2.45) is 5.92 Å². The molecule has 0 fully saturated rings. The highest BCUT2D eigenvalue weighted by molar-refractivity contribution is 5.65. The highest BCUT2D eigenvalue weighted by Crippen LogP contribution is 2.33. The van der Waals surface area contributed by atoms with Gasteiger partial charge in [0.2, 0.25) is 0 Å². The molecule has 1 unspecified atom stereocenters. The van der Waals surface area contributed by atoms with E-state index in [1.54, 1.807) is 11.1 Å². The number of benzene rings is 2.